The molecule has 2 aromatic carbocycles. The maximum absolute atomic E-state index is 13.2. The van der Waals surface area contributed by atoms with E-state index in [0.29, 0.717) is 34.7 Å². The quantitative estimate of drug-likeness (QED) is 0.340. The molecular weight excluding hydrogens is 466 g/mol. The average molecular weight is 492 g/mol. The van der Waals surface area contributed by atoms with Crippen LogP contribution in [0.2, 0.25) is 0 Å². The van der Waals surface area contributed by atoms with Crippen LogP contribution >= 0.6 is 11.3 Å². The van der Waals surface area contributed by atoms with Crippen LogP contribution in [0.15, 0.2) is 65.0 Å². The van der Waals surface area contributed by atoms with Crippen molar-refractivity contribution in [3.63, 3.8) is 0 Å². The Morgan fingerprint density at radius 3 is 2.49 bits per heavy atom. The molecule has 180 valence electrons. The normalized spacial score (nSPS) is 10.8. The molecule has 0 atom stereocenters. The highest BCUT2D eigenvalue weighted by Crippen LogP contribution is 2.31. The molecule has 4 rings (SSSR count). The van der Waals surface area contributed by atoms with Gasteiger partial charge in [0.15, 0.2) is 0 Å². The van der Waals surface area contributed by atoms with Gasteiger partial charge in [-0.05, 0) is 55.3 Å². The molecule has 0 fully saturated rings. The lowest BCUT2D eigenvalue weighted by molar-refractivity contribution is -0.116. The minimum absolute atomic E-state index is 0.194. The number of hydrogen-bond acceptors (Lipinski definition) is 7. The third-order valence-electron chi connectivity index (χ3n) is 5.19. The first-order valence-electron chi connectivity index (χ1n) is 11.3. The molecule has 1 amide bonds. The van der Waals surface area contributed by atoms with E-state index in [0.717, 1.165) is 23.3 Å². The molecule has 0 spiro atoms. The van der Waals surface area contributed by atoms with Crippen molar-refractivity contribution in [2.45, 2.75) is 26.8 Å². The van der Waals surface area contributed by atoms with Crippen LogP contribution in [-0.4, -0.2) is 34.6 Å². The lowest BCUT2D eigenvalue weighted by atomic mass is 10.1. The van der Waals surface area contributed by atoms with E-state index < -0.39 is 5.97 Å². The zero-order valence-electron chi connectivity index (χ0n) is 19.4. The number of amides is 1. The third-order valence-corrected chi connectivity index (χ3v) is 6.08. The maximum Gasteiger partial charge on any atom is 0.338 e. The fourth-order valence-electron chi connectivity index (χ4n) is 3.51. The second-order valence-electron chi connectivity index (χ2n) is 7.73. The molecule has 8 nitrogen and oxygen atoms in total. The molecule has 9 heteroatoms. The lowest BCUT2D eigenvalue weighted by Crippen LogP contribution is -2.27. The van der Waals surface area contributed by atoms with Gasteiger partial charge in [-0.15, -0.1) is 11.3 Å². The molecule has 4 aromatic rings. The number of hydrogen-bond donors (Lipinski definition) is 1. The van der Waals surface area contributed by atoms with Crippen LogP contribution in [-0.2, 0) is 16.1 Å². The largest absolute Gasteiger partial charge is 0.494 e. The van der Waals surface area contributed by atoms with Gasteiger partial charge in [-0.25, -0.2) is 9.78 Å². The molecule has 0 aliphatic rings. The topological polar surface area (TPSA) is 99.5 Å². The molecule has 35 heavy (non-hydrogen) atoms. The summed E-state index contributed by atoms with van der Waals surface area (Å²) in [6.45, 7) is 4.58. The summed E-state index contributed by atoms with van der Waals surface area (Å²) in [4.78, 5) is 42.7. The number of aromatic nitrogens is 2. The Hall–Kier alpha value is -3.98. The molecule has 0 aliphatic carbocycles. The summed E-state index contributed by atoms with van der Waals surface area (Å²) in [7, 11) is 0. The van der Waals surface area contributed by atoms with Crippen molar-refractivity contribution >= 4 is 39.1 Å². The van der Waals surface area contributed by atoms with Gasteiger partial charge in [0.2, 0.25) is 5.91 Å². The van der Waals surface area contributed by atoms with Crippen molar-refractivity contribution in [1.29, 1.82) is 0 Å². The molecule has 0 radical (unpaired) electrons. The number of nitrogens with one attached hydrogen (secondary N) is 1. The SMILES string of the molecule is CCCOC(=O)c1ccc(NC(=O)Cn2cnc3scc(-c4ccc(OCC)cc4)c3c2=O)cc1. The zero-order chi connectivity index (χ0) is 24.8. The summed E-state index contributed by atoms with van der Waals surface area (Å²) in [5.41, 5.74) is 2.27. The highest BCUT2D eigenvalue weighted by atomic mass is 32.1. The van der Waals surface area contributed by atoms with Crippen molar-refractivity contribution < 1.29 is 19.1 Å². The van der Waals surface area contributed by atoms with Crippen molar-refractivity contribution in [2.24, 2.45) is 0 Å². The van der Waals surface area contributed by atoms with Gasteiger partial charge in [-0.2, -0.15) is 0 Å². The number of esters is 1. The van der Waals surface area contributed by atoms with Gasteiger partial charge in [0.05, 0.1) is 30.5 Å². The fraction of sp³-hybridized carbons (Fsp3) is 0.231. The van der Waals surface area contributed by atoms with Gasteiger partial charge in [-0.3, -0.25) is 14.2 Å². The molecule has 0 unspecified atom stereocenters. The number of anilines is 1. The smallest absolute Gasteiger partial charge is 0.338 e. The average Bonchev–Trinajstić information content (AvgIpc) is 3.30. The minimum atomic E-state index is -0.408. The van der Waals surface area contributed by atoms with Gasteiger partial charge in [0.25, 0.3) is 5.56 Å². The number of rotatable bonds is 9. The first kappa shape index (κ1) is 24.2. The number of thiophene rings is 1. The van der Waals surface area contributed by atoms with E-state index in [-0.39, 0.29) is 18.0 Å². The van der Waals surface area contributed by atoms with Gasteiger partial charge < -0.3 is 14.8 Å². The third kappa shape index (κ3) is 5.58. The van der Waals surface area contributed by atoms with Crippen LogP contribution in [0.1, 0.15) is 30.6 Å². The van der Waals surface area contributed by atoms with Crippen molar-refractivity contribution in [2.75, 3.05) is 18.5 Å². The number of carbonyl (C=O) groups is 2. The lowest BCUT2D eigenvalue weighted by Gasteiger charge is -2.09. The Labute approximate surface area is 206 Å². The molecule has 0 saturated heterocycles. The van der Waals surface area contributed by atoms with Crippen LogP contribution in [0.4, 0.5) is 5.69 Å². The first-order chi connectivity index (χ1) is 17.0. The van der Waals surface area contributed by atoms with Gasteiger partial charge >= 0.3 is 5.97 Å². The highest BCUT2D eigenvalue weighted by molar-refractivity contribution is 7.17. The number of fused-ring (bicyclic) bond motifs is 1. The van der Waals surface area contributed by atoms with Crippen LogP contribution < -0.4 is 15.6 Å². The van der Waals surface area contributed by atoms with E-state index in [9.17, 15) is 14.4 Å². The fourth-order valence-corrected chi connectivity index (χ4v) is 4.42. The maximum atomic E-state index is 13.2. The predicted octanol–water partition coefficient (Wildman–Crippen LogP) is 4.73. The Morgan fingerprint density at radius 2 is 1.80 bits per heavy atom. The van der Waals surface area contributed by atoms with E-state index in [1.807, 2.05) is 43.5 Å². The summed E-state index contributed by atoms with van der Waals surface area (Å²) in [5.74, 6) is -0.0314. The summed E-state index contributed by atoms with van der Waals surface area (Å²) in [5, 5.41) is 5.11. The number of ether oxygens (including phenoxy) is 2. The number of benzene rings is 2. The van der Waals surface area contributed by atoms with E-state index in [1.165, 1.54) is 22.2 Å². The Morgan fingerprint density at radius 1 is 1.06 bits per heavy atom. The molecule has 0 aliphatic heterocycles. The number of carbonyl (C=O) groups excluding carboxylic acids is 2. The van der Waals surface area contributed by atoms with Gasteiger partial charge in [0, 0.05) is 16.6 Å². The molecule has 1 N–H and O–H groups in total. The standard InChI is InChI=1S/C26H25N3O5S/c1-3-13-34-26(32)18-5-9-19(10-6-18)28-22(30)14-29-16-27-24-23(25(29)31)21(15-35-24)17-7-11-20(12-8-17)33-4-2/h5-12,15-16H,3-4,13-14H2,1-2H3,(H,28,30). The van der Waals surface area contributed by atoms with Gasteiger partial charge in [0.1, 0.15) is 17.1 Å². The summed E-state index contributed by atoms with van der Waals surface area (Å²) in [6, 6.07) is 13.9. The van der Waals surface area contributed by atoms with Gasteiger partial charge in [-0.1, -0.05) is 19.1 Å². The van der Waals surface area contributed by atoms with E-state index in [4.69, 9.17) is 9.47 Å². The Kier molecular flexibility index (Phi) is 7.57. The van der Waals surface area contributed by atoms with Crippen LogP contribution in [0, 0.1) is 0 Å². The van der Waals surface area contributed by atoms with Crippen LogP contribution in [0.25, 0.3) is 21.3 Å². The monoisotopic (exact) mass is 491 g/mol. The highest BCUT2D eigenvalue weighted by Gasteiger charge is 2.15. The minimum Gasteiger partial charge on any atom is -0.494 e. The van der Waals surface area contributed by atoms with E-state index in [2.05, 4.69) is 10.3 Å². The van der Waals surface area contributed by atoms with Crippen LogP contribution in [0.3, 0.4) is 0 Å². The molecule has 2 heterocycles. The molecular formula is C26H25N3O5S. The summed E-state index contributed by atoms with van der Waals surface area (Å²) < 4.78 is 11.9. The van der Waals surface area contributed by atoms with Crippen molar-refractivity contribution in [1.82, 2.24) is 9.55 Å². The summed E-state index contributed by atoms with van der Waals surface area (Å²) >= 11 is 1.38. The molecule has 0 bridgehead atoms. The second-order valence-corrected chi connectivity index (χ2v) is 8.58. The Balaban J connectivity index is 1.50. The predicted molar refractivity (Wildman–Crippen MR) is 136 cm³/mol. The number of nitrogens with zero attached hydrogens (tertiary/aromatic N) is 2. The van der Waals surface area contributed by atoms with E-state index >= 15 is 0 Å². The zero-order valence-corrected chi connectivity index (χ0v) is 20.3. The van der Waals surface area contributed by atoms with E-state index in [1.54, 1.807) is 24.3 Å². The van der Waals surface area contributed by atoms with Crippen LogP contribution in [0.5, 0.6) is 5.75 Å². The second kappa shape index (κ2) is 11.0. The molecule has 0 saturated carbocycles. The van der Waals surface area contributed by atoms with Crippen molar-refractivity contribution in [3.8, 4) is 16.9 Å². The molecule has 2 aromatic heterocycles. The summed E-state index contributed by atoms with van der Waals surface area (Å²) in [6.07, 6.45) is 2.13. The first-order valence-corrected chi connectivity index (χ1v) is 12.1. The van der Waals surface area contributed by atoms with Crippen molar-refractivity contribution in [3.05, 3.63) is 76.2 Å². The Bertz CT molecular complexity index is 1390.